The van der Waals surface area contributed by atoms with Crippen molar-refractivity contribution in [2.75, 3.05) is 19.5 Å². The molecule has 0 atom stereocenters. The van der Waals surface area contributed by atoms with Gasteiger partial charge in [0.1, 0.15) is 22.6 Å². The highest BCUT2D eigenvalue weighted by molar-refractivity contribution is 5.96. The molecule has 1 aromatic rings. The van der Waals surface area contributed by atoms with Gasteiger partial charge in [-0.1, -0.05) is 17.1 Å². The minimum absolute atomic E-state index is 0.288. The van der Waals surface area contributed by atoms with Gasteiger partial charge in [-0.3, -0.25) is 4.79 Å². The highest BCUT2D eigenvalue weighted by atomic mass is 16.6. The second kappa shape index (κ2) is 6.25. The average Bonchev–Trinajstić information content (AvgIpc) is 2.59. The maximum atomic E-state index is 12.3. The first-order valence-electron chi connectivity index (χ1n) is 7.05. The van der Waals surface area contributed by atoms with Crippen LogP contribution in [0.4, 0.5) is 4.79 Å². The van der Waals surface area contributed by atoms with Crippen LogP contribution in [0.5, 0.6) is 0 Å². The number of aromatic nitrogens is 2. The van der Waals surface area contributed by atoms with E-state index in [9.17, 15) is 14.8 Å². The van der Waals surface area contributed by atoms with Crippen molar-refractivity contribution in [3.8, 4) is 0 Å². The van der Waals surface area contributed by atoms with Gasteiger partial charge in [-0.2, -0.15) is 9.64 Å². The zero-order valence-corrected chi connectivity index (χ0v) is 14.2. The third-order valence-corrected chi connectivity index (χ3v) is 2.93. The van der Waals surface area contributed by atoms with Crippen molar-refractivity contribution in [3.63, 3.8) is 0 Å². The number of nitrogens with zero attached hydrogens (tertiary/aromatic N) is 3. The molecule has 2 amide bonds. The number of hydrogen-bond donors (Lipinski definition) is 1. The minimum Gasteiger partial charge on any atom is -0.692 e. The van der Waals surface area contributed by atoms with Gasteiger partial charge in [0.05, 0.1) is 0 Å². The van der Waals surface area contributed by atoms with Crippen LogP contribution >= 0.6 is 0 Å². The van der Waals surface area contributed by atoms with E-state index in [1.165, 1.54) is 4.90 Å². The molecule has 1 aromatic heterocycles. The quantitative estimate of drug-likeness (QED) is 0.670. The molecule has 8 heteroatoms. The number of nitrogens with one attached hydrogen (secondary N) is 1. The summed E-state index contributed by atoms with van der Waals surface area (Å²) in [7, 11) is 3.21. The lowest BCUT2D eigenvalue weighted by Crippen LogP contribution is -2.48. The van der Waals surface area contributed by atoms with Crippen LogP contribution in [-0.4, -0.2) is 41.4 Å². The second-order valence-corrected chi connectivity index (χ2v) is 6.16. The van der Waals surface area contributed by atoms with Gasteiger partial charge in [-0.05, 0) is 27.7 Å². The average molecular weight is 312 g/mol. The number of carbonyl (C=O) groups is 2. The number of hydrogen-bond acceptors (Lipinski definition) is 4. The summed E-state index contributed by atoms with van der Waals surface area (Å²) in [5.74, 6) is -0.288. The van der Waals surface area contributed by atoms with Crippen LogP contribution in [0.3, 0.4) is 0 Å². The number of ether oxygens (including phenoxy) is 1. The van der Waals surface area contributed by atoms with Crippen LogP contribution in [0.2, 0.25) is 0 Å². The van der Waals surface area contributed by atoms with Crippen LogP contribution in [0, 0.1) is 12.1 Å². The number of rotatable bonds is 3. The first-order chi connectivity index (χ1) is 9.99. The van der Waals surface area contributed by atoms with Crippen molar-refractivity contribution in [1.82, 2.24) is 9.69 Å². The maximum absolute atomic E-state index is 12.3. The van der Waals surface area contributed by atoms with Crippen LogP contribution in [0.25, 0.3) is 0 Å². The zero-order chi connectivity index (χ0) is 17.2. The molecular formula is C14H24N4O4. The lowest BCUT2D eigenvalue weighted by Gasteiger charge is -2.18. The third-order valence-electron chi connectivity index (χ3n) is 2.93. The summed E-state index contributed by atoms with van der Waals surface area (Å²) in [5.41, 5.74) is 2.62. The first kappa shape index (κ1) is 17.8. The van der Waals surface area contributed by atoms with E-state index in [-0.39, 0.29) is 5.91 Å². The molecule has 8 nitrogen and oxygen atoms in total. The molecule has 0 aromatic carbocycles. The molecule has 0 bridgehead atoms. The van der Waals surface area contributed by atoms with Gasteiger partial charge in [0.15, 0.2) is 0 Å². The normalized spacial score (nSPS) is 11.2. The van der Waals surface area contributed by atoms with Gasteiger partial charge >= 0.3 is 6.09 Å². The highest BCUT2D eigenvalue weighted by Gasteiger charge is 2.29. The van der Waals surface area contributed by atoms with Gasteiger partial charge in [-0.15, -0.1) is 0 Å². The van der Waals surface area contributed by atoms with E-state index in [4.69, 9.17) is 4.74 Å². The third kappa shape index (κ3) is 3.69. The molecule has 0 unspecified atom stereocenters. The maximum Gasteiger partial charge on any atom is 0.524 e. The molecule has 0 spiro atoms. The van der Waals surface area contributed by atoms with Gasteiger partial charge in [0, 0.05) is 20.5 Å². The van der Waals surface area contributed by atoms with Gasteiger partial charge in [0.25, 0.3) is 5.91 Å². The summed E-state index contributed by atoms with van der Waals surface area (Å²) in [6, 6.07) is 0. The first-order valence-corrected chi connectivity index (χ1v) is 7.05. The van der Waals surface area contributed by atoms with Crippen LogP contribution < -0.4 is 10.3 Å². The largest absolute Gasteiger partial charge is 0.692 e. The topological polar surface area (TPSA) is 90.5 Å². The highest BCUT2D eigenvalue weighted by Crippen LogP contribution is 2.14. The Bertz CT molecular complexity index is 585. The van der Waals surface area contributed by atoms with Crippen molar-refractivity contribution in [3.05, 3.63) is 22.2 Å². The Morgan fingerprint density at radius 1 is 1.36 bits per heavy atom. The van der Waals surface area contributed by atoms with Crippen molar-refractivity contribution < 1.29 is 19.2 Å². The van der Waals surface area contributed by atoms with Crippen molar-refractivity contribution in [1.29, 1.82) is 0 Å². The fourth-order valence-electron chi connectivity index (χ4n) is 2.00. The monoisotopic (exact) mass is 312 g/mol. The number of carbonyl (C=O) groups excluding carboxylic acids is 2. The molecular weight excluding hydrogens is 288 g/mol. The standard InChI is InChI=1S/C14H24N4O4/c1-8-10-11(12(19)16(6)7)9(2)17(18(10)21)15-13(20)22-14(3,4)5/h8H2,1-7H3,(H,15,20). The summed E-state index contributed by atoms with van der Waals surface area (Å²) in [6.45, 7) is 8.53. The fourth-order valence-corrected chi connectivity index (χ4v) is 2.00. The van der Waals surface area contributed by atoms with Gasteiger partial charge < -0.3 is 14.8 Å². The molecule has 0 saturated heterocycles. The molecule has 124 valence electrons. The van der Waals surface area contributed by atoms with Crippen molar-refractivity contribution >= 4 is 12.0 Å². The smallest absolute Gasteiger partial charge is 0.524 e. The van der Waals surface area contributed by atoms with Crippen LogP contribution in [0.1, 0.15) is 49.4 Å². The van der Waals surface area contributed by atoms with Gasteiger partial charge in [0.2, 0.25) is 0 Å². The Morgan fingerprint density at radius 2 is 1.91 bits per heavy atom. The van der Waals surface area contributed by atoms with Crippen LogP contribution in [-0.2, 0) is 11.2 Å². The van der Waals surface area contributed by atoms with E-state index < -0.39 is 11.7 Å². The second-order valence-electron chi connectivity index (χ2n) is 6.16. The molecule has 0 aliphatic heterocycles. The minimum atomic E-state index is -0.762. The predicted octanol–water partition coefficient (Wildman–Crippen LogP) is 1.17. The van der Waals surface area contributed by atoms with E-state index >= 15 is 0 Å². The van der Waals surface area contributed by atoms with E-state index in [1.807, 2.05) is 0 Å². The van der Waals surface area contributed by atoms with Crippen molar-refractivity contribution in [2.45, 2.75) is 46.6 Å². The molecule has 0 radical (unpaired) electrons. The fraction of sp³-hybridized carbons (Fsp3) is 0.643. The molecule has 0 aliphatic rings. The Hall–Kier alpha value is -2.25. The van der Waals surface area contributed by atoms with Gasteiger partial charge in [-0.25, -0.2) is 0 Å². The van der Waals surface area contributed by atoms with E-state index in [0.717, 1.165) is 4.79 Å². The van der Waals surface area contributed by atoms with Crippen molar-refractivity contribution in [2.24, 2.45) is 0 Å². The molecule has 22 heavy (non-hydrogen) atoms. The SMILES string of the molecule is CCc1c(C(=O)N(C)C)c(C)n(NC(=O)OC(C)(C)C)[n+]1[O-]. The molecule has 1 N–H and O–H groups in total. The summed E-state index contributed by atoms with van der Waals surface area (Å²) >= 11 is 0. The van der Waals surface area contributed by atoms with E-state index in [0.29, 0.717) is 28.2 Å². The summed E-state index contributed by atoms with van der Waals surface area (Å²) in [4.78, 5) is 27.0. The van der Waals surface area contributed by atoms with Crippen LogP contribution in [0.15, 0.2) is 0 Å². The zero-order valence-electron chi connectivity index (χ0n) is 14.2. The molecule has 1 rings (SSSR count). The summed E-state index contributed by atoms with van der Waals surface area (Å²) in [6.07, 6.45) is -0.399. The van der Waals surface area contributed by atoms with E-state index in [1.54, 1.807) is 48.7 Å². The molecule has 0 fully saturated rings. The number of amides is 2. The van der Waals surface area contributed by atoms with E-state index in [2.05, 4.69) is 5.43 Å². The predicted molar refractivity (Wildman–Crippen MR) is 81.1 cm³/mol. The lowest BCUT2D eigenvalue weighted by molar-refractivity contribution is -0.695. The Balaban J connectivity index is 3.22. The molecule has 1 heterocycles. The molecule has 0 aliphatic carbocycles. The Morgan fingerprint density at radius 3 is 2.32 bits per heavy atom. The lowest BCUT2D eigenvalue weighted by atomic mass is 10.1. The Kier molecular flexibility index (Phi) is 5.05. The molecule has 0 saturated carbocycles. The Labute approximate surface area is 130 Å². The summed E-state index contributed by atoms with van der Waals surface area (Å²) < 4.78 is 5.12. The summed E-state index contributed by atoms with van der Waals surface area (Å²) in [5, 5.41) is 12.3.